The second-order valence-corrected chi connectivity index (χ2v) is 21.8. The van der Waals surface area contributed by atoms with Crippen LogP contribution in [0.5, 0.6) is 0 Å². The van der Waals surface area contributed by atoms with E-state index in [1.165, 1.54) is 180 Å². The molecule has 0 heterocycles. The van der Waals surface area contributed by atoms with Gasteiger partial charge < -0.3 is 19.8 Å². The van der Waals surface area contributed by atoms with Gasteiger partial charge in [-0.2, -0.15) is 0 Å². The molecule has 0 aliphatic rings. The molecule has 0 aliphatic carbocycles. The number of allylic oxidation sites excluding steroid dienone is 4. The van der Waals surface area contributed by atoms with Crippen LogP contribution in [0.1, 0.15) is 271 Å². The molecule has 0 saturated heterocycles. The fraction of sp³-hybridized carbons (Fsp3) is 0.909. The van der Waals surface area contributed by atoms with Crippen molar-refractivity contribution >= 4 is 13.7 Å². The number of aliphatic hydroxyl groups excluding tert-OH is 1. The first-order chi connectivity index (χ1) is 31.0. The number of carbonyl (C=O) groups is 1. The molecule has 3 unspecified atom stereocenters. The molecule has 8 nitrogen and oxygen atoms in total. The molecule has 380 valence electrons. The third-order valence-electron chi connectivity index (χ3n) is 12.7. The van der Waals surface area contributed by atoms with E-state index in [0.29, 0.717) is 23.9 Å². The van der Waals surface area contributed by atoms with Gasteiger partial charge >= 0.3 is 7.82 Å². The van der Waals surface area contributed by atoms with Crippen LogP contribution in [-0.4, -0.2) is 73.4 Å². The van der Waals surface area contributed by atoms with Gasteiger partial charge in [0.05, 0.1) is 39.9 Å². The number of phosphoric ester groups is 1. The molecule has 64 heavy (non-hydrogen) atoms. The van der Waals surface area contributed by atoms with E-state index >= 15 is 0 Å². The summed E-state index contributed by atoms with van der Waals surface area (Å²) in [6.07, 6.45) is 58.0. The van der Waals surface area contributed by atoms with Gasteiger partial charge in [0, 0.05) is 6.42 Å². The van der Waals surface area contributed by atoms with Gasteiger partial charge in [-0.15, -0.1) is 0 Å². The quantitative estimate of drug-likeness (QED) is 0.0243. The molecule has 0 fully saturated rings. The minimum Gasteiger partial charge on any atom is -0.391 e. The number of hydrogen-bond acceptors (Lipinski definition) is 5. The standard InChI is InChI=1S/C55H109N2O6P/c1-6-8-10-12-14-16-18-20-22-24-25-26-27-28-29-30-31-32-33-34-36-38-40-42-44-46-48-54(58)53(52-63-64(60,61)62-51-50-57(3,4)5)56-55(59)49-47-45-43-41-39-37-35-23-21-19-17-15-13-11-9-7-2/h17,19,23,35,53-54,58H,6-16,18,20-22,24-34,36-52H2,1-5H3,(H-,56,59,60,61)/p+1/b19-17-,35-23-. The first-order valence-electron chi connectivity index (χ1n) is 27.7. The predicted molar refractivity (Wildman–Crippen MR) is 277 cm³/mol. The summed E-state index contributed by atoms with van der Waals surface area (Å²) in [4.78, 5) is 23.3. The van der Waals surface area contributed by atoms with Crippen LogP contribution >= 0.6 is 7.82 Å². The van der Waals surface area contributed by atoms with E-state index in [4.69, 9.17) is 9.05 Å². The Morgan fingerprint density at radius 2 is 0.891 bits per heavy atom. The summed E-state index contributed by atoms with van der Waals surface area (Å²) in [6.45, 7) is 4.89. The van der Waals surface area contributed by atoms with Crippen molar-refractivity contribution in [1.82, 2.24) is 5.32 Å². The number of carbonyl (C=O) groups excluding carboxylic acids is 1. The number of amides is 1. The van der Waals surface area contributed by atoms with Crippen molar-refractivity contribution in [3.05, 3.63) is 24.3 Å². The van der Waals surface area contributed by atoms with Crippen molar-refractivity contribution in [2.45, 2.75) is 283 Å². The Bertz CT molecular complexity index is 1090. The monoisotopic (exact) mass is 926 g/mol. The van der Waals surface area contributed by atoms with Crippen LogP contribution in [0.4, 0.5) is 0 Å². The molecule has 1 amide bonds. The average molecular weight is 926 g/mol. The van der Waals surface area contributed by atoms with Gasteiger partial charge in [-0.05, 0) is 44.9 Å². The molecule has 0 aromatic rings. The number of phosphoric acid groups is 1. The minimum atomic E-state index is -4.32. The van der Waals surface area contributed by atoms with Crippen LogP contribution in [-0.2, 0) is 18.4 Å². The van der Waals surface area contributed by atoms with E-state index in [9.17, 15) is 19.4 Å². The van der Waals surface area contributed by atoms with Gasteiger partial charge in [0.2, 0.25) is 5.91 Å². The van der Waals surface area contributed by atoms with E-state index in [0.717, 1.165) is 64.2 Å². The lowest BCUT2D eigenvalue weighted by molar-refractivity contribution is -0.870. The second-order valence-electron chi connectivity index (χ2n) is 20.3. The molecule has 0 radical (unpaired) electrons. The van der Waals surface area contributed by atoms with Gasteiger partial charge in [-0.25, -0.2) is 4.57 Å². The van der Waals surface area contributed by atoms with Crippen LogP contribution < -0.4 is 5.32 Å². The van der Waals surface area contributed by atoms with E-state index in [-0.39, 0.29) is 19.1 Å². The zero-order valence-electron chi connectivity index (χ0n) is 43.3. The molecule has 0 aromatic carbocycles. The SMILES string of the molecule is CCCCCC/C=C\C/C=C\CCCCCCCC(=O)NC(COP(=O)(O)OCC[N+](C)(C)C)C(O)CCCCCCCCCCCCCCCCCCCCCCCCCCCC. The van der Waals surface area contributed by atoms with Gasteiger partial charge in [0.25, 0.3) is 0 Å². The zero-order chi connectivity index (χ0) is 47.1. The number of rotatable bonds is 51. The van der Waals surface area contributed by atoms with Crippen molar-refractivity contribution in [2.24, 2.45) is 0 Å². The van der Waals surface area contributed by atoms with Crippen LogP contribution in [0, 0.1) is 0 Å². The van der Waals surface area contributed by atoms with Crippen LogP contribution in [0.3, 0.4) is 0 Å². The Morgan fingerprint density at radius 1 is 0.531 bits per heavy atom. The van der Waals surface area contributed by atoms with Crippen LogP contribution in [0.2, 0.25) is 0 Å². The Kier molecular flexibility index (Phi) is 46.3. The fourth-order valence-electron chi connectivity index (χ4n) is 8.31. The van der Waals surface area contributed by atoms with Gasteiger partial charge in [-0.3, -0.25) is 13.8 Å². The van der Waals surface area contributed by atoms with Crippen molar-refractivity contribution in [3.63, 3.8) is 0 Å². The van der Waals surface area contributed by atoms with Crippen molar-refractivity contribution in [3.8, 4) is 0 Å². The Labute approximate surface area is 398 Å². The number of hydrogen-bond donors (Lipinski definition) is 3. The normalized spacial score (nSPS) is 14.2. The maximum atomic E-state index is 12.9. The summed E-state index contributed by atoms with van der Waals surface area (Å²) >= 11 is 0. The number of likely N-dealkylation sites (N-methyl/N-ethyl adjacent to an activating group) is 1. The lowest BCUT2D eigenvalue weighted by Crippen LogP contribution is -2.46. The van der Waals surface area contributed by atoms with Gasteiger partial charge in [-0.1, -0.05) is 244 Å². The highest BCUT2D eigenvalue weighted by atomic mass is 31.2. The van der Waals surface area contributed by atoms with Crippen molar-refractivity contribution in [2.75, 3.05) is 40.9 Å². The lowest BCUT2D eigenvalue weighted by Gasteiger charge is -2.26. The molecule has 0 aliphatic heterocycles. The predicted octanol–water partition coefficient (Wildman–Crippen LogP) is 16.4. The molecule has 0 bridgehead atoms. The highest BCUT2D eigenvalue weighted by Crippen LogP contribution is 2.43. The first kappa shape index (κ1) is 63.0. The Hall–Kier alpha value is -1.02. The summed E-state index contributed by atoms with van der Waals surface area (Å²) in [7, 11) is 1.61. The molecule has 9 heteroatoms. The van der Waals surface area contributed by atoms with Crippen molar-refractivity contribution < 1.29 is 32.9 Å². The Morgan fingerprint density at radius 3 is 1.30 bits per heavy atom. The number of unbranched alkanes of at least 4 members (excludes halogenated alkanes) is 34. The van der Waals surface area contributed by atoms with Crippen molar-refractivity contribution in [1.29, 1.82) is 0 Å². The lowest BCUT2D eigenvalue weighted by atomic mass is 10.0. The number of nitrogens with one attached hydrogen (secondary N) is 1. The maximum Gasteiger partial charge on any atom is 0.472 e. The number of aliphatic hydroxyl groups is 1. The first-order valence-corrected chi connectivity index (χ1v) is 29.2. The summed E-state index contributed by atoms with van der Waals surface area (Å²) in [6, 6.07) is -0.767. The third-order valence-corrected chi connectivity index (χ3v) is 13.7. The van der Waals surface area contributed by atoms with E-state index < -0.39 is 20.0 Å². The second kappa shape index (κ2) is 47.1. The third kappa shape index (κ3) is 48.9. The number of nitrogens with zero attached hydrogens (tertiary/aromatic N) is 1. The van der Waals surface area contributed by atoms with E-state index in [2.05, 4.69) is 43.5 Å². The molecule has 0 spiro atoms. The zero-order valence-corrected chi connectivity index (χ0v) is 44.2. The Balaban J connectivity index is 4.15. The summed E-state index contributed by atoms with van der Waals surface area (Å²) < 4.78 is 23.7. The average Bonchev–Trinajstić information content (AvgIpc) is 3.25. The summed E-state index contributed by atoms with van der Waals surface area (Å²) in [5.41, 5.74) is 0. The van der Waals surface area contributed by atoms with E-state index in [1.54, 1.807) is 0 Å². The van der Waals surface area contributed by atoms with Crippen LogP contribution in [0.15, 0.2) is 24.3 Å². The topological polar surface area (TPSA) is 105 Å². The molecule has 0 saturated carbocycles. The van der Waals surface area contributed by atoms with Gasteiger partial charge in [0.15, 0.2) is 0 Å². The molecule has 3 atom stereocenters. The fourth-order valence-corrected chi connectivity index (χ4v) is 9.05. The minimum absolute atomic E-state index is 0.0727. The molecule has 0 rings (SSSR count). The highest BCUT2D eigenvalue weighted by molar-refractivity contribution is 7.47. The molecular weight excluding hydrogens is 816 g/mol. The largest absolute Gasteiger partial charge is 0.472 e. The molecule has 3 N–H and O–H groups in total. The molecule has 0 aromatic heterocycles. The highest BCUT2D eigenvalue weighted by Gasteiger charge is 2.28. The summed E-state index contributed by atoms with van der Waals surface area (Å²) in [5, 5.41) is 14.0. The smallest absolute Gasteiger partial charge is 0.391 e. The molecular formula is C55H110N2O6P+. The summed E-state index contributed by atoms with van der Waals surface area (Å²) in [5.74, 6) is -0.155. The maximum absolute atomic E-state index is 12.9. The van der Waals surface area contributed by atoms with E-state index in [1.807, 2.05) is 21.1 Å². The van der Waals surface area contributed by atoms with Gasteiger partial charge in [0.1, 0.15) is 13.2 Å². The van der Waals surface area contributed by atoms with Crippen LogP contribution in [0.25, 0.3) is 0 Å². The number of quaternary nitrogens is 1.